The normalized spacial score (nSPS) is 11.5. The number of hydrogen-bond donors (Lipinski definition) is 3. The second-order valence-electron chi connectivity index (χ2n) is 9.13. The van der Waals surface area contributed by atoms with Crippen LogP contribution in [0, 0.1) is 6.92 Å². The first-order chi connectivity index (χ1) is 20.1. The van der Waals surface area contributed by atoms with E-state index >= 15 is 0 Å². The lowest BCUT2D eigenvalue weighted by atomic mass is 10.1. The number of anilines is 2. The average molecular weight is 590 g/mol. The molecule has 3 N–H and O–H groups in total. The van der Waals surface area contributed by atoms with Crippen molar-refractivity contribution in [3.8, 4) is 0 Å². The first-order valence-electron chi connectivity index (χ1n) is 12.7. The summed E-state index contributed by atoms with van der Waals surface area (Å²) in [4.78, 5) is 39.2. The van der Waals surface area contributed by atoms with Gasteiger partial charge in [-0.15, -0.1) is 11.8 Å². The molecule has 0 bridgehead atoms. The minimum absolute atomic E-state index is 0.0386. The van der Waals surface area contributed by atoms with Crippen molar-refractivity contribution in [2.24, 2.45) is 0 Å². The van der Waals surface area contributed by atoms with Crippen LogP contribution in [0.4, 0.5) is 24.5 Å². The molecule has 6 nitrogen and oxygen atoms in total. The summed E-state index contributed by atoms with van der Waals surface area (Å²) in [6.07, 6.45) is -2.91. The summed E-state index contributed by atoms with van der Waals surface area (Å²) in [5.74, 6) is -1.55. The molecule has 0 heterocycles. The minimum atomic E-state index is -4.51. The van der Waals surface area contributed by atoms with Crippen molar-refractivity contribution < 1.29 is 27.6 Å². The standard InChI is InChI=1S/C32H26F3N3O3S/c1-21-9-5-6-12-23(21)17-28(38-30(40)22-10-3-2-4-11-22)31(41)37-26-15-8-16-27(19-26)42-20-29(39)36-25-14-7-13-24(18-25)32(33,34)35/h2-19H,20H2,1H3,(H,36,39)(H,37,41)(H,38,40)/b28-17-. The van der Waals surface area contributed by atoms with E-state index in [9.17, 15) is 27.6 Å². The first kappa shape index (κ1) is 30.1. The van der Waals surface area contributed by atoms with E-state index in [1.807, 2.05) is 31.2 Å². The molecule has 0 fully saturated rings. The quantitative estimate of drug-likeness (QED) is 0.143. The number of hydrogen-bond acceptors (Lipinski definition) is 4. The predicted octanol–water partition coefficient (Wildman–Crippen LogP) is 7.15. The molecule has 4 aromatic carbocycles. The summed E-state index contributed by atoms with van der Waals surface area (Å²) in [6.45, 7) is 1.89. The highest BCUT2D eigenvalue weighted by atomic mass is 32.2. The van der Waals surface area contributed by atoms with Crippen molar-refractivity contribution in [3.63, 3.8) is 0 Å². The van der Waals surface area contributed by atoms with Crippen LogP contribution in [0.3, 0.4) is 0 Å². The molecule has 0 atom stereocenters. The van der Waals surface area contributed by atoms with E-state index in [2.05, 4.69) is 16.0 Å². The van der Waals surface area contributed by atoms with Crippen LogP contribution in [0.25, 0.3) is 6.08 Å². The summed E-state index contributed by atoms with van der Waals surface area (Å²) in [5.41, 5.74) is 1.72. The van der Waals surface area contributed by atoms with Gasteiger partial charge in [0.05, 0.1) is 11.3 Å². The number of amides is 3. The highest BCUT2D eigenvalue weighted by Gasteiger charge is 2.30. The number of carbonyl (C=O) groups excluding carboxylic acids is 3. The Morgan fingerprint density at radius 3 is 2.17 bits per heavy atom. The third-order valence-corrected chi connectivity index (χ3v) is 6.95. The van der Waals surface area contributed by atoms with Crippen LogP contribution in [-0.2, 0) is 15.8 Å². The lowest BCUT2D eigenvalue weighted by molar-refractivity contribution is -0.137. The number of carbonyl (C=O) groups is 3. The highest BCUT2D eigenvalue weighted by Crippen LogP contribution is 2.31. The van der Waals surface area contributed by atoms with E-state index in [4.69, 9.17) is 0 Å². The molecule has 0 aromatic heterocycles. The molecule has 3 amide bonds. The summed E-state index contributed by atoms with van der Waals surface area (Å²) in [7, 11) is 0. The fourth-order valence-electron chi connectivity index (χ4n) is 3.83. The lowest BCUT2D eigenvalue weighted by Gasteiger charge is -2.13. The Labute approximate surface area is 245 Å². The van der Waals surface area contributed by atoms with E-state index in [0.29, 0.717) is 16.1 Å². The molecule has 42 heavy (non-hydrogen) atoms. The zero-order chi connectivity index (χ0) is 30.1. The van der Waals surface area contributed by atoms with Crippen LogP contribution >= 0.6 is 11.8 Å². The zero-order valence-corrected chi connectivity index (χ0v) is 23.2. The monoisotopic (exact) mass is 589 g/mol. The third-order valence-electron chi connectivity index (χ3n) is 5.95. The van der Waals surface area contributed by atoms with Gasteiger partial charge >= 0.3 is 6.18 Å². The maximum absolute atomic E-state index is 13.3. The van der Waals surface area contributed by atoms with Gasteiger partial charge in [0, 0.05) is 21.8 Å². The van der Waals surface area contributed by atoms with Gasteiger partial charge in [-0.05, 0) is 72.7 Å². The number of alkyl halides is 3. The van der Waals surface area contributed by atoms with Crippen LogP contribution in [-0.4, -0.2) is 23.5 Å². The molecular formula is C32H26F3N3O3S. The smallest absolute Gasteiger partial charge is 0.325 e. The molecule has 0 aliphatic rings. The maximum atomic E-state index is 13.3. The van der Waals surface area contributed by atoms with E-state index < -0.39 is 29.5 Å². The minimum Gasteiger partial charge on any atom is -0.325 e. The van der Waals surface area contributed by atoms with Gasteiger partial charge in [0.2, 0.25) is 5.91 Å². The molecule has 0 aliphatic heterocycles. The molecule has 4 aromatic rings. The number of thioether (sulfide) groups is 1. The zero-order valence-electron chi connectivity index (χ0n) is 22.4. The number of benzene rings is 4. The molecule has 0 aliphatic carbocycles. The Morgan fingerprint density at radius 1 is 0.786 bits per heavy atom. The van der Waals surface area contributed by atoms with Crippen LogP contribution in [0.1, 0.15) is 27.0 Å². The summed E-state index contributed by atoms with van der Waals surface area (Å²) in [5, 5.41) is 7.95. The van der Waals surface area contributed by atoms with Crippen LogP contribution in [0.2, 0.25) is 0 Å². The van der Waals surface area contributed by atoms with Gasteiger partial charge in [-0.1, -0.05) is 54.6 Å². The van der Waals surface area contributed by atoms with E-state index in [0.717, 1.165) is 35.0 Å². The molecule has 4 rings (SSSR count). The largest absolute Gasteiger partial charge is 0.416 e. The molecule has 214 valence electrons. The summed E-state index contributed by atoms with van der Waals surface area (Å²) in [6, 6.07) is 27.1. The number of rotatable bonds is 9. The van der Waals surface area contributed by atoms with Crippen LogP contribution in [0.15, 0.2) is 114 Å². The van der Waals surface area contributed by atoms with Crippen molar-refractivity contribution in [3.05, 3.63) is 131 Å². The van der Waals surface area contributed by atoms with Crippen LogP contribution < -0.4 is 16.0 Å². The molecule has 0 saturated heterocycles. The van der Waals surface area contributed by atoms with Crippen molar-refractivity contribution in [1.29, 1.82) is 0 Å². The van der Waals surface area contributed by atoms with Crippen molar-refractivity contribution >= 4 is 46.9 Å². The molecule has 10 heteroatoms. The Morgan fingerprint density at radius 2 is 1.45 bits per heavy atom. The molecule has 0 radical (unpaired) electrons. The Balaban J connectivity index is 1.44. The molecular weight excluding hydrogens is 563 g/mol. The van der Waals surface area contributed by atoms with Crippen molar-refractivity contribution in [2.75, 3.05) is 16.4 Å². The van der Waals surface area contributed by atoms with Gasteiger partial charge in [0.25, 0.3) is 11.8 Å². The van der Waals surface area contributed by atoms with Gasteiger partial charge in [-0.25, -0.2) is 0 Å². The second kappa shape index (κ2) is 13.7. The fourth-order valence-corrected chi connectivity index (χ4v) is 4.58. The topological polar surface area (TPSA) is 87.3 Å². The highest BCUT2D eigenvalue weighted by molar-refractivity contribution is 8.00. The summed E-state index contributed by atoms with van der Waals surface area (Å²) < 4.78 is 38.8. The van der Waals surface area contributed by atoms with Gasteiger partial charge in [0.1, 0.15) is 5.70 Å². The van der Waals surface area contributed by atoms with Gasteiger partial charge in [0.15, 0.2) is 0 Å². The summed E-state index contributed by atoms with van der Waals surface area (Å²) >= 11 is 1.15. The molecule has 0 saturated carbocycles. The van der Waals surface area contributed by atoms with Crippen molar-refractivity contribution in [2.45, 2.75) is 18.0 Å². The first-order valence-corrected chi connectivity index (χ1v) is 13.7. The van der Waals surface area contributed by atoms with Crippen LogP contribution in [0.5, 0.6) is 0 Å². The number of nitrogens with one attached hydrogen (secondary N) is 3. The fraction of sp³-hybridized carbons (Fsp3) is 0.0938. The van der Waals surface area contributed by atoms with Gasteiger partial charge < -0.3 is 16.0 Å². The van der Waals surface area contributed by atoms with Gasteiger partial charge in [-0.2, -0.15) is 13.2 Å². The van der Waals surface area contributed by atoms with E-state index in [-0.39, 0.29) is 17.1 Å². The SMILES string of the molecule is Cc1ccccc1/C=C(\NC(=O)c1ccccc1)C(=O)Nc1cccc(SCC(=O)Nc2cccc(C(F)(F)F)c2)c1. The molecule has 0 unspecified atom stereocenters. The Hall–Kier alpha value is -4.83. The third kappa shape index (κ3) is 8.58. The lowest BCUT2D eigenvalue weighted by Crippen LogP contribution is -2.30. The number of halogens is 3. The second-order valence-corrected chi connectivity index (χ2v) is 10.2. The molecule has 0 spiro atoms. The average Bonchev–Trinajstić information content (AvgIpc) is 2.97. The van der Waals surface area contributed by atoms with E-state index in [1.165, 1.54) is 12.1 Å². The maximum Gasteiger partial charge on any atom is 0.416 e. The van der Waals surface area contributed by atoms with Crippen molar-refractivity contribution in [1.82, 2.24) is 5.32 Å². The predicted molar refractivity (Wildman–Crippen MR) is 159 cm³/mol. The van der Waals surface area contributed by atoms with Gasteiger partial charge in [-0.3, -0.25) is 14.4 Å². The van der Waals surface area contributed by atoms with E-state index in [1.54, 1.807) is 60.7 Å². The number of aryl methyl sites for hydroxylation is 1. The Bertz CT molecular complexity index is 1620. The Kier molecular flexibility index (Phi) is 9.82.